The molecule has 0 radical (unpaired) electrons. The third kappa shape index (κ3) is 5.18. The van der Waals surface area contributed by atoms with Crippen LogP contribution < -0.4 is 14.2 Å². The van der Waals surface area contributed by atoms with Gasteiger partial charge in [0.15, 0.2) is 5.76 Å². The summed E-state index contributed by atoms with van der Waals surface area (Å²) in [5.41, 5.74) is 1.43. The minimum Gasteiger partial charge on any atom is -0.494 e. The van der Waals surface area contributed by atoms with Gasteiger partial charge in [-0.15, -0.1) is 10.2 Å². The van der Waals surface area contributed by atoms with Gasteiger partial charge in [-0.1, -0.05) is 29.8 Å². The van der Waals surface area contributed by atoms with E-state index in [9.17, 15) is 8.42 Å². The lowest BCUT2D eigenvalue weighted by molar-refractivity contribution is 0.391. The lowest BCUT2D eigenvalue weighted by Gasteiger charge is -2.17. The van der Waals surface area contributed by atoms with Gasteiger partial charge in [0.25, 0.3) is 0 Å². The van der Waals surface area contributed by atoms with Gasteiger partial charge in [-0.25, -0.2) is 8.42 Å². The number of aromatic nitrogens is 3. The quantitative estimate of drug-likeness (QED) is 0.338. The molecule has 2 aromatic heterocycles. The zero-order valence-corrected chi connectivity index (χ0v) is 20.1. The molecule has 0 saturated carbocycles. The Balaban J connectivity index is 1.66. The van der Waals surface area contributed by atoms with Crippen molar-refractivity contribution in [2.75, 3.05) is 24.7 Å². The van der Waals surface area contributed by atoms with Gasteiger partial charge in [0.05, 0.1) is 26.2 Å². The van der Waals surface area contributed by atoms with Crippen molar-refractivity contribution in [2.45, 2.75) is 12.8 Å². The van der Waals surface area contributed by atoms with Crippen LogP contribution in [0.1, 0.15) is 12.0 Å². The van der Waals surface area contributed by atoms with Crippen molar-refractivity contribution < 1.29 is 22.3 Å². The maximum Gasteiger partial charge on any atom is 0.243 e. The first-order chi connectivity index (χ1) is 16.4. The molecule has 1 N–H and O–H groups in total. The SMILES string of the molecule is COc1cccc(OC)c1-n1c(NS(=O)(=O)CCCc2ccc(Cl)cc2)nnc1-c1ccco1. The second kappa shape index (κ2) is 10.2. The number of anilines is 1. The van der Waals surface area contributed by atoms with E-state index in [0.717, 1.165) is 5.56 Å². The van der Waals surface area contributed by atoms with Gasteiger partial charge in [-0.05, 0) is 54.8 Å². The number of methoxy groups -OCH3 is 2. The number of para-hydroxylation sites is 1. The summed E-state index contributed by atoms with van der Waals surface area (Å²) in [4.78, 5) is 0. The first kappa shape index (κ1) is 23.7. The van der Waals surface area contributed by atoms with Crippen molar-refractivity contribution in [2.24, 2.45) is 0 Å². The predicted octanol–water partition coefficient (Wildman–Crippen LogP) is 4.57. The van der Waals surface area contributed by atoms with Crippen LogP contribution in [-0.2, 0) is 16.4 Å². The number of ether oxygens (including phenoxy) is 2. The summed E-state index contributed by atoms with van der Waals surface area (Å²) < 4.78 is 46.5. The number of aryl methyl sites for hydroxylation is 1. The predicted molar refractivity (Wildman–Crippen MR) is 129 cm³/mol. The smallest absolute Gasteiger partial charge is 0.243 e. The van der Waals surface area contributed by atoms with Crippen LogP contribution in [0.2, 0.25) is 5.02 Å². The van der Waals surface area contributed by atoms with E-state index in [2.05, 4.69) is 14.9 Å². The molecule has 0 fully saturated rings. The Hall–Kier alpha value is -3.50. The van der Waals surface area contributed by atoms with Crippen molar-refractivity contribution in [3.8, 4) is 28.8 Å². The number of furan rings is 1. The molecule has 4 rings (SSSR count). The van der Waals surface area contributed by atoms with Crippen LogP contribution in [0.4, 0.5) is 5.95 Å². The highest BCUT2D eigenvalue weighted by Gasteiger charge is 2.26. The molecule has 178 valence electrons. The Morgan fingerprint density at radius 2 is 1.71 bits per heavy atom. The van der Waals surface area contributed by atoms with Crippen LogP contribution in [-0.4, -0.2) is 43.2 Å². The number of nitrogens with zero attached hydrogens (tertiary/aromatic N) is 3. The highest BCUT2D eigenvalue weighted by Crippen LogP contribution is 2.37. The number of benzene rings is 2. The molecule has 0 spiro atoms. The summed E-state index contributed by atoms with van der Waals surface area (Å²) in [5, 5.41) is 8.91. The van der Waals surface area contributed by atoms with Gasteiger partial charge in [0.2, 0.25) is 21.8 Å². The van der Waals surface area contributed by atoms with Crippen LogP contribution in [0.25, 0.3) is 17.3 Å². The fraction of sp³-hybridized carbons (Fsp3) is 0.217. The molecule has 0 amide bonds. The third-order valence-corrected chi connectivity index (χ3v) is 6.64. The van der Waals surface area contributed by atoms with Gasteiger partial charge in [0, 0.05) is 5.02 Å². The average molecular weight is 503 g/mol. The van der Waals surface area contributed by atoms with E-state index >= 15 is 0 Å². The van der Waals surface area contributed by atoms with Crippen molar-refractivity contribution >= 4 is 27.6 Å². The standard InChI is InChI=1S/C23H23ClN4O5S/c1-31-18-7-3-8-19(32-2)21(18)28-22(20-9-4-14-33-20)25-26-23(28)27-34(29,30)15-5-6-16-10-12-17(24)13-11-16/h3-4,7-14H,5-6,15H2,1-2H3,(H,26,27). The summed E-state index contributed by atoms with van der Waals surface area (Å²) in [6.07, 6.45) is 2.49. The molecule has 0 aliphatic rings. The molecule has 2 aromatic carbocycles. The van der Waals surface area contributed by atoms with Gasteiger partial charge in [0.1, 0.15) is 17.2 Å². The Bertz CT molecular complexity index is 1330. The first-order valence-corrected chi connectivity index (χ1v) is 12.4. The Morgan fingerprint density at radius 3 is 2.32 bits per heavy atom. The van der Waals surface area contributed by atoms with Crippen molar-refractivity contribution in [3.05, 3.63) is 71.4 Å². The molecular formula is C23H23ClN4O5S. The molecule has 0 unspecified atom stereocenters. The zero-order valence-electron chi connectivity index (χ0n) is 18.6. The highest BCUT2D eigenvalue weighted by molar-refractivity contribution is 7.92. The van der Waals surface area contributed by atoms with E-state index < -0.39 is 10.0 Å². The monoisotopic (exact) mass is 502 g/mol. The molecule has 0 aliphatic carbocycles. The Labute approximate surface area is 202 Å². The molecule has 11 heteroatoms. The molecule has 0 aliphatic heterocycles. The molecule has 4 aromatic rings. The van der Waals surface area contributed by atoms with E-state index in [4.69, 9.17) is 25.5 Å². The summed E-state index contributed by atoms with van der Waals surface area (Å²) in [6.45, 7) is 0. The minimum atomic E-state index is -3.75. The Kier molecular flexibility index (Phi) is 7.09. The second-order valence-corrected chi connectivity index (χ2v) is 9.60. The van der Waals surface area contributed by atoms with Crippen LogP contribution >= 0.6 is 11.6 Å². The maximum atomic E-state index is 12.9. The second-order valence-electron chi connectivity index (χ2n) is 7.32. The number of hydrogen-bond donors (Lipinski definition) is 1. The van der Waals surface area contributed by atoms with Crippen molar-refractivity contribution in [1.29, 1.82) is 0 Å². The van der Waals surface area contributed by atoms with Gasteiger partial charge in [-0.3, -0.25) is 9.29 Å². The normalized spacial score (nSPS) is 11.4. The first-order valence-electron chi connectivity index (χ1n) is 10.4. The van der Waals surface area contributed by atoms with Crippen LogP contribution in [0.5, 0.6) is 11.5 Å². The minimum absolute atomic E-state index is 0.0132. The van der Waals surface area contributed by atoms with Crippen LogP contribution in [0.15, 0.2) is 65.3 Å². The Morgan fingerprint density at radius 1 is 1.00 bits per heavy atom. The lowest BCUT2D eigenvalue weighted by Crippen LogP contribution is -2.20. The summed E-state index contributed by atoms with van der Waals surface area (Å²) in [7, 11) is -0.730. The number of halogens is 1. The molecule has 34 heavy (non-hydrogen) atoms. The molecule has 0 bridgehead atoms. The van der Waals surface area contributed by atoms with Gasteiger partial charge >= 0.3 is 0 Å². The molecule has 9 nitrogen and oxygen atoms in total. The molecule has 2 heterocycles. The van der Waals surface area contributed by atoms with Crippen molar-refractivity contribution in [3.63, 3.8) is 0 Å². The fourth-order valence-electron chi connectivity index (χ4n) is 3.49. The topological polar surface area (TPSA) is 108 Å². The number of sulfonamides is 1. The van der Waals surface area contributed by atoms with E-state index in [1.54, 1.807) is 42.5 Å². The number of hydrogen-bond acceptors (Lipinski definition) is 7. The average Bonchev–Trinajstić information content (AvgIpc) is 3.49. The lowest BCUT2D eigenvalue weighted by atomic mass is 10.1. The van der Waals surface area contributed by atoms with Crippen LogP contribution in [0, 0.1) is 0 Å². The van der Waals surface area contributed by atoms with E-state index in [-0.39, 0.29) is 17.5 Å². The van der Waals surface area contributed by atoms with Crippen molar-refractivity contribution in [1.82, 2.24) is 14.8 Å². The van der Waals surface area contributed by atoms with E-state index in [1.807, 2.05) is 12.1 Å². The van der Waals surface area contributed by atoms with Gasteiger partial charge in [-0.2, -0.15) is 0 Å². The summed E-state index contributed by atoms with van der Waals surface area (Å²) >= 11 is 5.91. The summed E-state index contributed by atoms with van der Waals surface area (Å²) in [6, 6.07) is 15.9. The molecule has 0 saturated heterocycles. The summed E-state index contributed by atoms with van der Waals surface area (Å²) in [5.74, 6) is 1.44. The fourth-order valence-corrected chi connectivity index (χ4v) is 4.65. The van der Waals surface area contributed by atoms with Gasteiger partial charge < -0.3 is 13.9 Å². The number of nitrogens with one attached hydrogen (secondary N) is 1. The molecule has 0 atom stereocenters. The maximum absolute atomic E-state index is 12.9. The number of rotatable bonds is 10. The van der Waals surface area contributed by atoms with E-state index in [0.29, 0.717) is 40.8 Å². The largest absolute Gasteiger partial charge is 0.494 e. The third-order valence-electron chi connectivity index (χ3n) is 5.07. The molecular weight excluding hydrogens is 480 g/mol. The highest BCUT2D eigenvalue weighted by atomic mass is 35.5. The van der Waals surface area contributed by atoms with E-state index in [1.165, 1.54) is 25.0 Å². The van der Waals surface area contributed by atoms with Crippen LogP contribution in [0.3, 0.4) is 0 Å². The zero-order chi connectivity index (χ0) is 24.1.